The lowest BCUT2D eigenvalue weighted by Crippen LogP contribution is -2.30. The van der Waals surface area contributed by atoms with Gasteiger partial charge in [-0.1, -0.05) is 19.1 Å². The topological polar surface area (TPSA) is 37.8 Å². The van der Waals surface area contributed by atoms with E-state index in [9.17, 15) is 0 Å². The molecule has 2 aromatic heterocycles. The van der Waals surface area contributed by atoms with Crippen LogP contribution in [0.15, 0.2) is 36.7 Å². The molecule has 1 aliphatic rings. The fourth-order valence-corrected chi connectivity index (χ4v) is 3.35. The molecule has 2 heterocycles. The highest BCUT2D eigenvalue weighted by Crippen LogP contribution is 2.38. The number of fused-ring (bicyclic) bond motifs is 1. The summed E-state index contributed by atoms with van der Waals surface area (Å²) < 4.78 is 0. The molecule has 2 atom stereocenters. The maximum absolute atomic E-state index is 4.69. The Morgan fingerprint density at radius 3 is 2.95 bits per heavy atom. The van der Waals surface area contributed by atoms with Gasteiger partial charge in [-0.25, -0.2) is 0 Å². The third-order valence-corrected chi connectivity index (χ3v) is 4.36. The van der Waals surface area contributed by atoms with Gasteiger partial charge in [0.25, 0.3) is 0 Å². The lowest BCUT2D eigenvalue weighted by molar-refractivity contribution is 0.400. The second-order valence-corrected chi connectivity index (χ2v) is 5.81. The third-order valence-electron chi connectivity index (χ3n) is 4.36. The van der Waals surface area contributed by atoms with Gasteiger partial charge in [-0.05, 0) is 56.0 Å². The van der Waals surface area contributed by atoms with E-state index in [1.54, 1.807) is 0 Å². The standard InChI is InChI=1S/C18H23N3/c1-3-19-18(15-10-9-13(2)21-12-15)16-8-4-6-14-7-5-11-20-17(14)16/h5,7,9-12,16,18-19H,3-4,6,8H2,1-2H3. The fourth-order valence-electron chi connectivity index (χ4n) is 3.35. The Morgan fingerprint density at radius 1 is 1.29 bits per heavy atom. The number of hydrogen-bond donors (Lipinski definition) is 1. The molecule has 0 amide bonds. The number of aryl methyl sites for hydroxylation is 2. The molecule has 3 heteroatoms. The first kappa shape index (κ1) is 14.2. The summed E-state index contributed by atoms with van der Waals surface area (Å²) in [6.07, 6.45) is 7.53. The highest BCUT2D eigenvalue weighted by atomic mass is 14.9. The zero-order chi connectivity index (χ0) is 14.7. The molecule has 1 N–H and O–H groups in total. The van der Waals surface area contributed by atoms with Crippen molar-refractivity contribution in [1.29, 1.82) is 0 Å². The summed E-state index contributed by atoms with van der Waals surface area (Å²) in [5, 5.41) is 3.65. The van der Waals surface area contributed by atoms with Gasteiger partial charge in [0.1, 0.15) is 0 Å². The van der Waals surface area contributed by atoms with Crippen LogP contribution in [0.25, 0.3) is 0 Å². The van der Waals surface area contributed by atoms with E-state index >= 15 is 0 Å². The van der Waals surface area contributed by atoms with Gasteiger partial charge < -0.3 is 5.32 Å². The van der Waals surface area contributed by atoms with E-state index in [-0.39, 0.29) is 0 Å². The molecule has 21 heavy (non-hydrogen) atoms. The molecule has 0 aliphatic heterocycles. The van der Waals surface area contributed by atoms with Crippen molar-refractivity contribution in [3.63, 3.8) is 0 Å². The molecule has 110 valence electrons. The number of nitrogens with zero attached hydrogens (tertiary/aromatic N) is 2. The minimum absolute atomic E-state index is 0.303. The molecule has 2 unspecified atom stereocenters. The minimum atomic E-state index is 0.303. The molecule has 0 fully saturated rings. The van der Waals surface area contributed by atoms with E-state index in [1.165, 1.54) is 29.7 Å². The Balaban J connectivity index is 1.96. The van der Waals surface area contributed by atoms with Crippen molar-refractivity contribution in [2.24, 2.45) is 0 Å². The summed E-state index contributed by atoms with van der Waals surface area (Å²) in [6, 6.07) is 8.88. The Labute approximate surface area is 126 Å². The van der Waals surface area contributed by atoms with E-state index in [1.807, 2.05) is 19.3 Å². The van der Waals surface area contributed by atoms with Crippen LogP contribution in [0.1, 0.15) is 54.2 Å². The monoisotopic (exact) mass is 281 g/mol. The van der Waals surface area contributed by atoms with Crippen molar-refractivity contribution in [3.8, 4) is 0 Å². The molecule has 0 spiro atoms. The Bertz CT molecular complexity index is 592. The second kappa shape index (κ2) is 6.35. The highest BCUT2D eigenvalue weighted by molar-refractivity contribution is 5.31. The van der Waals surface area contributed by atoms with Crippen LogP contribution in [0.3, 0.4) is 0 Å². The SMILES string of the molecule is CCNC(c1ccc(C)nc1)C1CCCc2cccnc21. The van der Waals surface area contributed by atoms with Crippen LogP contribution in [-0.2, 0) is 6.42 Å². The third kappa shape index (κ3) is 2.98. The van der Waals surface area contributed by atoms with Crippen molar-refractivity contribution in [2.45, 2.75) is 45.1 Å². The molecule has 0 aromatic carbocycles. The Hall–Kier alpha value is -1.74. The van der Waals surface area contributed by atoms with E-state index in [4.69, 9.17) is 0 Å². The van der Waals surface area contributed by atoms with Gasteiger partial charge in [-0.15, -0.1) is 0 Å². The normalized spacial score (nSPS) is 19.0. The molecule has 0 radical (unpaired) electrons. The first-order valence-electron chi connectivity index (χ1n) is 7.89. The molecule has 0 saturated carbocycles. The zero-order valence-electron chi connectivity index (χ0n) is 12.8. The summed E-state index contributed by atoms with van der Waals surface area (Å²) in [5.74, 6) is 0.444. The van der Waals surface area contributed by atoms with Crippen LogP contribution in [-0.4, -0.2) is 16.5 Å². The van der Waals surface area contributed by atoms with Gasteiger partial charge in [0.15, 0.2) is 0 Å². The van der Waals surface area contributed by atoms with Crippen LogP contribution in [0, 0.1) is 6.92 Å². The predicted octanol–water partition coefficient (Wildman–Crippen LogP) is 3.56. The van der Waals surface area contributed by atoms with Gasteiger partial charge in [0.05, 0.1) is 0 Å². The molecule has 2 aromatic rings. The van der Waals surface area contributed by atoms with Crippen molar-refractivity contribution in [1.82, 2.24) is 15.3 Å². The number of rotatable bonds is 4. The van der Waals surface area contributed by atoms with Gasteiger partial charge in [-0.2, -0.15) is 0 Å². The van der Waals surface area contributed by atoms with Gasteiger partial charge >= 0.3 is 0 Å². The van der Waals surface area contributed by atoms with Crippen molar-refractivity contribution in [2.75, 3.05) is 6.54 Å². The molecule has 3 nitrogen and oxygen atoms in total. The van der Waals surface area contributed by atoms with Gasteiger partial charge in [-0.3, -0.25) is 9.97 Å². The summed E-state index contributed by atoms with van der Waals surface area (Å²) in [6.45, 7) is 5.15. The van der Waals surface area contributed by atoms with Crippen LogP contribution in [0.4, 0.5) is 0 Å². The van der Waals surface area contributed by atoms with E-state index in [2.05, 4.69) is 46.5 Å². The second-order valence-electron chi connectivity index (χ2n) is 5.81. The predicted molar refractivity (Wildman–Crippen MR) is 85.3 cm³/mol. The van der Waals surface area contributed by atoms with E-state index in [0.717, 1.165) is 18.7 Å². The smallest absolute Gasteiger partial charge is 0.0485 e. The Morgan fingerprint density at radius 2 is 2.19 bits per heavy atom. The first-order valence-corrected chi connectivity index (χ1v) is 7.89. The average Bonchev–Trinajstić information content (AvgIpc) is 2.53. The van der Waals surface area contributed by atoms with E-state index < -0.39 is 0 Å². The number of likely N-dealkylation sites (N-methyl/N-ethyl adjacent to an activating group) is 1. The maximum atomic E-state index is 4.69. The zero-order valence-corrected chi connectivity index (χ0v) is 12.8. The van der Waals surface area contributed by atoms with Crippen LogP contribution >= 0.6 is 0 Å². The number of nitrogens with one attached hydrogen (secondary N) is 1. The quantitative estimate of drug-likeness (QED) is 0.931. The van der Waals surface area contributed by atoms with Crippen molar-refractivity contribution < 1.29 is 0 Å². The van der Waals surface area contributed by atoms with Crippen LogP contribution < -0.4 is 5.32 Å². The number of pyridine rings is 2. The summed E-state index contributed by atoms with van der Waals surface area (Å²) in [7, 11) is 0. The molecule has 1 aliphatic carbocycles. The van der Waals surface area contributed by atoms with E-state index in [0.29, 0.717) is 12.0 Å². The largest absolute Gasteiger partial charge is 0.310 e. The molecule has 3 rings (SSSR count). The average molecular weight is 281 g/mol. The number of aromatic nitrogens is 2. The molecule has 0 saturated heterocycles. The number of hydrogen-bond acceptors (Lipinski definition) is 3. The lowest BCUT2D eigenvalue weighted by Gasteiger charge is -2.32. The van der Waals surface area contributed by atoms with Crippen LogP contribution in [0.2, 0.25) is 0 Å². The van der Waals surface area contributed by atoms with Crippen LogP contribution in [0.5, 0.6) is 0 Å². The minimum Gasteiger partial charge on any atom is -0.310 e. The maximum Gasteiger partial charge on any atom is 0.0485 e. The van der Waals surface area contributed by atoms with Gasteiger partial charge in [0.2, 0.25) is 0 Å². The van der Waals surface area contributed by atoms with Gasteiger partial charge in [0, 0.05) is 35.7 Å². The lowest BCUT2D eigenvalue weighted by atomic mass is 9.80. The molecule has 0 bridgehead atoms. The first-order chi connectivity index (χ1) is 10.3. The molecular formula is C18H23N3. The summed E-state index contributed by atoms with van der Waals surface area (Å²) in [4.78, 5) is 9.16. The van der Waals surface area contributed by atoms with Crippen molar-refractivity contribution >= 4 is 0 Å². The highest BCUT2D eigenvalue weighted by Gasteiger charge is 2.29. The fraction of sp³-hybridized carbons (Fsp3) is 0.444. The van der Waals surface area contributed by atoms with Crippen molar-refractivity contribution in [3.05, 3.63) is 59.2 Å². The summed E-state index contributed by atoms with van der Waals surface area (Å²) in [5.41, 5.74) is 5.02. The summed E-state index contributed by atoms with van der Waals surface area (Å²) >= 11 is 0. The Kier molecular flexibility index (Phi) is 4.30. The molecular weight excluding hydrogens is 258 g/mol.